The van der Waals surface area contributed by atoms with Crippen LogP contribution in [0.3, 0.4) is 0 Å². The van der Waals surface area contributed by atoms with Crippen LogP contribution in [0, 0.1) is 0 Å². The van der Waals surface area contributed by atoms with Crippen LogP contribution in [-0.4, -0.2) is 4.57 Å². The normalized spacial score (nSPS) is 12.3. The molecule has 0 unspecified atom stereocenters. The van der Waals surface area contributed by atoms with Crippen LogP contribution in [0.2, 0.25) is 0 Å². The van der Waals surface area contributed by atoms with Crippen LogP contribution in [0.5, 0.6) is 0 Å². The van der Waals surface area contributed by atoms with Gasteiger partial charge in [0, 0.05) is 62.4 Å². The Morgan fingerprint density at radius 3 is 1.87 bits per heavy atom. The first-order valence-electron chi connectivity index (χ1n) is 16.0. The van der Waals surface area contributed by atoms with Crippen molar-refractivity contribution in [1.82, 2.24) is 4.57 Å². The van der Waals surface area contributed by atoms with Gasteiger partial charge in [-0.25, -0.2) is 0 Å². The van der Waals surface area contributed by atoms with Gasteiger partial charge < -0.3 is 4.57 Å². The van der Waals surface area contributed by atoms with E-state index in [2.05, 4.69) is 156 Å². The Bertz CT molecular complexity index is 3070. The van der Waals surface area contributed by atoms with Crippen molar-refractivity contribution in [2.24, 2.45) is 0 Å². The van der Waals surface area contributed by atoms with E-state index in [4.69, 9.17) is 0 Å². The zero-order valence-electron chi connectivity index (χ0n) is 25.2. The van der Waals surface area contributed by atoms with E-state index in [-0.39, 0.29) is 0 Å². The molecule has 0 aliphatic carbocycles. The van der Waals surface area contributed by atoms with Crippen LogP contribution < -0.4 is 0 Å². The minimum absolute atomic E-state index is 1.18. The van der Waals surface area contributed by atoms with Crippen molar-refractivity contribution in [3.05, 3.63) is 152 Å². The molecule has 0 radical (unpaired) electrons. The summed E-state index contributed by atoms with van der Waals surface area (Å²) in [7, 11) is 0. The summed E-state index contributed by atoms with van der Waals surface area (Å²) < 4.78 is 7.80. The first-order valence-corrected chi connectivity index (χ1v) is 17.6. The van der Waals surface area contributed by atoms with E-state index in [9.17, 15) is 0 Å². The average Bonchev–Trinajstić information content (AvgIpc) is 3.79. The summed E-state index contributed by atoms with van der Waals surface area (Å²) in [5.41, 5.74) is 6.24. The molecule has 0 spiro atoms. The van der Waals surface area contributed by atoms with E-state index >= 15 is 0 Å². The van der Waals surface area contributed by atoms with Crippen LogP contribution in [-0.2, 0) is 0 Å². The number of nitrogens with zero attached hydrogens (tertiary/aromatic N) is 1. The van der Waals surface area contributed by atoms with Crippen molar-refractivity contribution in [3.8, 4) is 16.8 Å². The quantitative estimate of drug-likeness (QED) is 0.167. The molecule has 0 bridgehead atoms. The van der Waals surface area contributed by atoms with Gasteiger partial charge in [0.05, 0.1) is 11.0 Å². The third-order valence-electron chi connectivity index (χ3n) is 9.95. The molecule has 218 valence electrons. The van der Waals surface area contributed by atoms with Crippen molar-refractivity contribution >= 4 is 106 Å². The molecular weight excluding hydrogens is 607 g/mol. The Hall–Kier alpha value is -5.48. The molecule has 0 N–H and O–H groups in total. The van der Waals surface area contributed by atoms with Crippen LogP contribution in [0.25, 0.3) is 101 Å². The van der Waals surface area contributed by atoms with Crippen LogP contribution in [0.1, 0.15) is 0 Å². The van der Waals surface area contributed by atoms with Crippen LogP contribution in [0.15, 0.2) is 152 Å². The zero-order valence-corrected chi connectivity index (χ0v) is 26.8. The molecule has 0 fully saturated rings. The van der Waals surface area contributed by atoms with Gasteiger partial charge >= 0.3 is 0 Å². The summed E-state index contributed by atoms with van der Waals surface area (Å²) in [6, 6.07) is 56.4. The van der Waals surface area contributed by atoms with Gasteiger partial charge in [-0.15, -0.1) is 22.7 Å². The number of para-hydroxylation sites is 2. The molecule has 3 heterocycles. The van der Waals surface area contributed by atoms with Crippen molar-refractivity contribution in [3.63, 3.8) is 0 Å². The lowest BCUT2D eigenvalue weighted by Crippen LogP contribution is -1.93. The third kappa shape index (κ3) is 3.58. The predicted molar refractivity (Wildman–Crippen MR) is 207 cm³/mol. The molecule has 0 aliphatic heterocycles. The topological polar surface area (TPSA) is 4.93 Å². The number of aromatic nitrogens is 1. The van der Waals surface area contributed by atoms with E-state index in [0.717, 1.165) is 0 Å². The number of rotatable bonds is 2. The predicted octanol–water partition coefficient (Wildman–Crippen LogP) is 13.5. The van der Waals surface area contributed by atoms with Gasteiger partial charge in [-0.3, -0.25) is 0 Å². The Morgan fingerprint density at radius 1 is 0.340 bits per heavy atom. The summed E-state index contributed by atoms with van der Waals surface area (Å²) >= 11 is 3.80. The van der Waals surface area contributed by atoms with Gasteiger partial charge in [-0.05, 0) is 87.8 Å². The van der Waals surface area contributed by atoms with Crippen molar-refractivity contribution in [2.75, 3.05) is 0 Å². The Labute approximate surface area is 278 Å². The molecule has 0 atom stereocenters. The summed E-state index contributed by atoms with van der Waals surface area (Å²) in [6.07, 6.45) is 0. The Kier molecular flexibility index (Phi) is 5.20. The second-order valence-corrected chi connectivity index (χ2v) is 14.6. The lowest BCUT2D eigenvalue weighted by molar-refractivity contribution is 1.18. The smallest absolute Gasteiger partial charge is 0.0547 e. The highest BCUT2D eigenvalue weighted by Gasteiger charge is 2.19. The highest BCUT2D eigenvalue weighted by atomic mass is 32.1. The van der Waals surface area contributed by atoms with E-state index in [1.165, 1.54) is 101 Å². The molecule has 3 heteroatoms. The Morgan fingerprint density at radius 2 is 1.02 bits per heavy atom. The minimum Gasteiger partial charge on any atom is -0.309 e. The third-order valence-corrected chi connectivity index (χ3v) is 12.3. The average molecular weight is 632 g/mol. The number of hydrogen-bond acceptors (Lipinski definition) is 2. The van der Waals surface area contributed by atoms with E-state index in [1.54, 1.807) is 0 Å². The molecule has 0 saturated heterocycles. The van der Waals surface area contributed by atoms with Crippen molar-refractivity contribution in [1.29, 1.82) is 0 Å². The molecule has 0 saturated carbocycles. The zero-order chi connectivity index (χ0) is 30.6. The molecule has 8 aromatic carbocycles. The van der Waals surface area contributed by atoms with Gasteiger partial charge in [0.15, 0.2) is 0 Å². The second-order valence-electron chi connectivity index (χ2n) is 12.5. The molecule has 47 heavy (non-hydrogen) atoms. The van der Waals surface area contributed by atoms with E-state index in [0.29, 0.717) is 0 Å². The van der Waals surface area contributed by atoms with Crippen LogP contribution >= 0.6 is 22.7 Å². The maximum atomic E-state index is 2.48. The van der Waals surface area contributed by atoms with Gasteiger partial charge in [0.2, 0.25) is 0 Å². The first kappa shape index (κ1) is 25.7. The fraction of sp³-hybridized carbons (Fsp3) is 0. The van der Waals surface area contributed by atoms with Gasteiger partial charge in [-0.1, -0.05) is 91.0 Å². The summed E-state index contributed by atoms with van der Waals surface area (Å²) in [5, 5.41) is 13.1. The van der Waals surface area contributed by atoms with E-state index in [1.807, 2.05) is 22.7 Å². The summed E-state index contributed by atoms with van der Waals surface area (Å²) in [6.45, 7) is 0. The fourth-order valence-corrected chi connectivity index (χ4v) is 10.2. The van der Waals surface area contributed by atoms with E-state index < -0.39 is 0 Å². The molecule has 11 rings (SSSR count). The lowest BCUT2D eigenvalue weighted by atomic mass is 9.91. The maximum Gasteiger partial charge on any atom is 0.0547 e. The lowest BCUT2D eigenvalue weighted by Gasteiger charge is -2.14. The van der Waals surface area contributed by atoms with Crippen molar-refractivity contribution in [2.45, 2.75) is 0 Å². The molecule has 1 nitrogen and oxygen atoms in total. The number of fused-ring (bicyclic) bond motifs is 12. The number of benzene rings is 8. The summed E-state index contributed by atoms with van der Waals surface area (Å²) in [4.78, 5) is 0. The molecule has 11 aromatic rings. The highest BCUT2D eigenvalue weighted by Crippen LogP contribution is 2.47. The fourth-order valence-electron chi connectivity index (χ4n) is 7.87. The minimum atomic E-state index is 1.18. The highest BCUT2D eigenvalue weighted by molar-refractivity contribution is 7.26. The molecule has 0 amide bonds. The maximum absolute atomic E-state index is 2.48. The van der Waals surface area contributed by atoms with Crippen LogP contribution in [0.4, 0.5) is 0 Å². The first-order chi connectivity index (χ1) is 23.3. The van der Waals surface area contributed by atoms with Gasteiger partial charge in [-0.2, -0.15) is 0 Å². The number of hydrogen-bond donors (Lipinski definition) is 0. The number of thiophene rings is 2. The SMILES string of the molecule is c1ccc(-n2c3ccccc3c3cc4c(-c5cccc6c5sc5ccccc56)cc5cc6sc7ccccc7c6cc5c4cc32)cc1. The molecular formula is C44H25NS2. The summed E-state index contributed by atoms with van der Waals surface area (Å²) in [5.74, 6) is 0. The van der Waals surface area contributed by atoms with Gasteiger partial charge in [0.25, 0.3) is 0 Å². The second kappa shape index (κ2) is 9.52. The largest absolute Gasteiger partial charge is 0.309 e. The monoisotopic (exact) mass is 631 g/mol. The molecule has 3 aromatic heterocycles. The molecule has 0 aliphatic rings. The standard InChI is InChI=1S/C44H25NS2/c1-2-11-27(12-3-1)45-39-18-7-4-13-28(39)37-24-35-34(32-17-10-16-31-29-14-5-9-20-42(29)47-44(31)32)21-26-22-43-38(23-33(26)36(35)25-40(37)45)30-15-6-8-19-41(30)46-43/h1-25H. The van der Waals surface area contributed by atoms with Crippen molar-refractivity contribution < 1.29 is 0 Å². The Balaban J connectivity index is 1.35. The van der Waals surface area contributed by atoms with Gasteiger partial charge in [0.1, 0.15) is 0 Å².